The van der Waals surface area contributed by atoms with E-state index in [1.54, 1.807) is 7.11 Å². The summed E-state index contributed by atoms with van der Waals surface area (Å²) < 4.78 is 5.79. The van der Waals surface area contributed by atoms with Gasteiger partial charge in [0.1, 0.15) is 10.4 Å². The first-order chi connectivity index (χ1) is 10.2. The minimum atomic E-state index is -0.110. The van der Waals surface area contributed by atoms with Crippen LogP contribution in [-0.4, -0.2) is 23.6 Å². The summed E-state index contributed by atoms with van der Waals surface area (Å²) in [5.41, 5.74) is 1.65. The molecule has 0 radical (unpaired) electrons. The molecule has 3 rings (SSSR count). The normalized spacial score (nSPS) is 10.8. The zero-order chi connectivity index (χ0) is 14.8. The fourth-order valence-corrected chi connectivity index (χ4v) is 3.09. The van der Waals surface area contributed by atoms with Crippen LogP contribution in [0.25, 0.3) is 20.7 Å². The van der Waals surface area contributed by atoms with Crippen molar-refractivity contribution in [3.05, 3.63) is 40.7 Å². The van der Waals surface area contributed by atoms with Crippen molar-refractivity contribution < 1.29 is 4.74 Å². The van der Waals surface area contributed by atoms with Gasteiger partial charge in [0.05, 0.1) is 12.6 Å². The molecule has 2 aromatic heterocycles. The van der Waals surface area contributed by atoms with E-state index in [2.05, 4.69) is 15.3 Å². The molecule has 0 spiro atoms. The Kier molecular flexibility index (Phi) is 3.62. The van der Waals surface area contributed by atoms with Gasteiger partial charge < -0.3 is 10.1 Å². The molecule has 0 aliphatic carbocycles. The van der Waals surface area contributed by atoms with Crippen molar-refractivity contribution in [2.24, 2.45) is 0 Å². The quantitative estimate of drug-likeness (QED) is 0.777. The van der Waals surface area contributed by atoms with Crippen molar-refractivity contribution in [3.8, 4) is 16.2 Å². The number of fused-ring (bicyclic) bond motifs is 1. The molecule has 0 aliphatic heterocycles. The molecule has 0 amide bonds. The van der Waals surface area contributed by atoms with Crippen molar-refractivity contribution >= 4 is 27.5 Å². The molecule has 0 saturated heterocycles. The van der Waals surface area contributed by atoms with Gasteiger partial charge in [-0.1, -0.05) is 0 Å². The number of nitrogens with zero attached hydrogens (tertiary/aromatic N) is 1. The molecule has 6 heteroatoms. The molecule has 0 saturated carbocycles. The van der Waals surface area contributed by atoms with Gasteiger partial charge in [0.2, 0.25) is 5.95 Å². The fraction of sp³-hybridized carbons (Fsp3) is 0.200. The first-order valence-electron chi connectivity index (χ1n) is 6.63. The van der Waals surface area contributed by atoms with Crippen LogP contribution in [0.15, 0.2) is 35.1 Å². The van der Waals surface area contributed by atoms with Crippen LogP contribution in [0.3, 0.4) is 0 Å². The second-order valence-electron chi connectivity index (χ2n) is 4.50. The van der Waals surface area contributed by atoms with E-state index < -0.39 is 0 Å². The predicted octanol–water partition coefficient (Wildman–Crippen LogP) is 3.09. The van der Waals surface area contributed by atoms with Crippen molar-refractivity contribution in [2.45, 2.75) is 6.92 Å². The molecule has 0 fully saturated rings. The number of rotatable bonds is 4. The van der Waals surface area contributed by atoms with Crippen LogP contribution in [0, 0.1) is 0 Å². The van der Waals surface area contributed by atoms with E-state index in [-0.39, 0.29) is 5.56 Å². The highest BCUT2D eigenvalue weighted by atomic mass is 32.1. The summed E-state index contributed by atoms with van der Waals surface area (Å²) in [5, 5.41) is 3.03. The number of methoxy groups -OCH3 is 1. The average Bonchev–Trinajstić information content (AvgIpc) is 2.92. The highest BCUT2D eigenvalue weighted by Gasteiger charge is 2.10. The SMILES string of the molecule is CCNc1nc2cc(-c3ccc(OC)cc3)sc2c(=O)[nH]1. The van der Waals surface area contributed by atoms with Crippen molar-refractivity contribution in [2.75, 3.05) is 19.0 Å². The summed E-state index contributed by atoms with van der Waals surface area (Å²) >= 11 is 1.44. The van der Waals surface area contributed by atoms with Gasteiger partial charge in [-0.05, 0) is 42.8 Å². The number of hydrogen-bond donors (Lipinski definition) is 2. The Balaban J connectivity index is 2.07. The number of aromatic nitrogens is 2. The minimum absolute atomic E-state index is 0.110. The second-order valence-corrected chi connectivity index (χ2v) is 5.55. The van der Waals surface area contributed by atoms with Gasteiger partial charge in [-0.15, -0.1) is 11.3 Å². The summed E-state index contributed by atoms with van der Waals surface area (Å²) in [4.78, 5) is 20.3. The molecule has 5 nitrogen and oxygen atoms in total. The van der Waals surface area contributed by atoms with Gasteiger partial charge in [-0.25, -0.2) is 4.98 Å². The third-order valence-corrected chi connectivity index (χ3v) is 4.27. The average molecular weight is 301 g/mol. The van der Waals surface area contributed by atoms with Gasteiger partial charge in [0.15, 0.2) is 0 Å². The largest absolute Gasteiger partial charge is 0.497 e. The lowest BCUT2D eigenvalue weighted by Crippen LogP contribution is -2.11. The maximum atomic E-state index is 12.1. The Hall–Kier alpha value is -2.34. The van der Waals surface area contributed by atoms with E-state index >= 15 is 0 Å². The van der Waals surface area contributed by atoms with Crippen molar-refractivity contribution in [3.63, 3.8) is 0 Å². The van der Waals surface area contributed by atoms with Gasteiger partial charge in [-0.2, -0.15) is 0 Å². The molecule has 0 bridgehead atoms. The topological polar surface area (TPSA) is 67.0 Å². The zero-order valence-corrected chi connectivity index (χ0v) is 12.6. The van der Waals surface area contributed by atoms with E-state index in [1.807, 2.05) is 37.3 Å². The molecule has 0 unspecified atom stereocenters. The lowest BCUT2D eigenvalue weighted by molar-refractivity contribution is 0.415. The van der Waals surface area contributed by atoms with Crippen LogP contribution in [0.2, 0.25) is 0 Å². The molecule has 0 atom stereocenters. The summed E-state index contributed by atoms with van der Waals surface area (Å²) in [5.74, 6) is 1.32. The van der Waals surface area contributed by atoms with Crippen LogP contribution >= 0.6 is 11.3 Å². The van der Waals surface area contributed by atoms with E-state index in [4.69, 9.17) is 4.74 Å². The van der Waals surface area contributed by atoms with Crippen LogP contribution < -0.4 is 15.6 Å². The minimum Gasteiger partial charge on any atom is -0.497 e. The Morgan fingerprint density at radius 1 is 1.33 bits per heavy atom. The van der Waals surface area contributed by atoms with Crippen LogP contribution in [0.4, 0.5) is 5.95 Å². The first kappa shape index (κ1) is 13.6. The molecular weight excluding hydrogens is 286 g/mol. The number of nitrogens with one attached hydrogen (secondary N) is 2. The number of hydrogen-bond acceptors (Lipinski definition) is 5. The molecule has 21 heavy (non-hydrogen) atoms. The van der Waals surface area contributed by atoms with E-state index in [1.165, 1.54) is 11.3 Å². The Morgan fingerprint density at radius 3 is 2.76 bits per heavy atom. The summed E-state index contributed by atoms with van der Waals surface area (Å²) in [7, 11) is 1.64. The lowest BCUT2D eigenvalue weighted by atomic mass is 10.2. The van der Waals surface area contributed by atoms with Crippen LogP contribution in [0.1, 0.15) is 6.92 Å². The Labute approximate surface area is 125 Å². The van der Waals surface area contributed by atoms with Gasteiger partial charge in [0.25, 0.3) is 5.56 Å². The number of benzene rings is 1. The number of aromatic amines is 1. The maximum absolute atomic E-state index is 12.1. The number of thiophene rings is 1. The van der Waals surface area contributed by atoms with Gasteiger partial charge in [-0.3, -0.25) is 9.78 Å². The zero-order valence-electron chi connectivity index (χ0n) is 11.8. The number of H-pyrrole nitrogens is 1. The van der Waals surface area contributed by atoms with Gasteiger partial charge in [0, 0.05) is 11.4 Å². The summed E-state index contributed by atoms with van der Waals surface area (Å²) in [6.07, 6.45) is 0. The first-order valence-corrected chi connectivity index (χ1v) is 7.45. The highest BCUT2D eigenvalue weighted by molar-refractivity contribution is 7.22. The number of ether oxygens (including phenoxy) is 1. The fourth-order valence-electron chi connectivity index (χ4n) is 2.09. The Bertz CT molecular complexity index is 821. The molecule has 2 heterocycles. The third-order valence-electron chi connectivity index (χ3n) is 3.10. The second kappa shape index (κ2) is 5.57. The maximum Gasteiger partial charge on any atom is 0.270 e. The molecule has 1 aromatic carbocycles. The Morgan fingerprint density at radius 2 is 2.10 bits per heavy atom. The molecule has 2 N–H and O–H groups in total. The molecular formula is C15H15N3O2S. The summed E-state index contributed by atoms with van der Waals surface area (Å²) in [6.45, 7) is 2.67. The molecule has 0 aliphatic rings. The highest BCUT2D eigenvalue weighted by Crippen LogP contribution is 2.32. The standard InChI is InChI=1S/C15H15N3O2S/c1-3-16-15-17-11-8-12(21-13(11)14(19)18-15)9-4-6-10(20-2)7-5-9/h4-8H,3H2,1-2H3,(H2,16,17,18,19). The van der Waals surface area contributed by atoms with E-state index in [0.29, 0.717) is 22.7 Å². The van der Waals surface area contributed by atoms with Crippen molar-refractivity contribution in [1.82, 2.24) is 9.97 Å². The smallest absolute Gasteiger partial charge is 0.270 e. The van der Waals surface area contributed by atoms with E-state index in [9.17, 15) is 4.79 Å². The van der Waals surface area contributed by atoms with E-state index in [0.717, 1.165) is 16.2 Å². The lowest BCUT2D eigenvalue weighted by Gasteiger charge is -2.00. The summed E-state index contributed by atoms with van der Waals surface area (Å²) in [6, 6.07) is 9.70. The predicted molar refractivity (Wildman–Crippen MR) is 86.4 cm³/mol. The van der Waals surface area contributed by atoms with Crippen LogP contribution in [0.5, 0.6) is 5.75 Å². The number of anilines is 1. The monoisotopic (exact) mass is 301 g/mol. The molecule has 108 valence electrons. The third kappa shape index (κ3) is 2.62. The van der Waals surface area contributed by atoms with Gasteiger partial charge >= 0.3 is 0 Å². The van der Waals surface area contributed by atoms with Crippen molar-refractivity contribution in [1.29, 1.82) is 0 Å². The van der Waals surface area contributed by atoms with Crippen LogP contribution in [-0.2, 0) is 0 Å². The molecule has 3 aromatic rings.